The summed E-state index contributed by atoms with van der Waals surface area (Å²) in [5.74, 6) is 0.880. The predicted molar refractivity (Wildman–Crippen MR) is 58.5 cm³/mol. The van der Waals surface area contributed by atoms with Gasteiger partial charge in [0.25, 0.3) is 0 Å². The number of nitrogen functional groups attached to an aromatic ring is 1. The molecule has 0 spiro atoms. The molecule has 0 aromatic carbocycles. The maximum Gasteiger partial charge on any atom is 0.130 e. The number of hydrogen-bond acceptors (Lipinski definition) is 4. The number of pyridine rings is 1. The summed E-state index contributed by atoms with van der Waals surface area (Å²) < 4.78 is 4.99. The molecular formula is C10H17N3O. The summed E-state index contributed by atoms with van der Waals surface area (Å²) in [5, 5.41) is 0. The number of nitrogens with two attached hydrogens (primary N) is 1. The van der Waals surface area contributed by atoms with Crippen LogP contribution in [0, 0.1) is 6.92 Å². The van der Waals surface area contributed by atoms with Gasteiger partial charge < -0.3 is 15.4 Å². The van der Waals surface area contributed by atoms with Gasteiger partial charge in [-0.1, -0.05) is 0 Å². The fourth-order valence-electron chi connectivity index (χ4n) is 1.08. The zero-order chi connectivity index (χ0) is 10.6. The van der Waals surface area contributed by atoms with Crippen molar-refractivity contribution in [1.29, 1.82) is 0 Å². The van der Waals surface area contributed by atoms with Crippen LogP contribution in [0.3, 0.4) is 0 Å². The Bertz CT molecular complexity index is 301. The Hall–Kier alpha value is -1.29. The van der Waals surface area contributed by atoms with Crippen LogP contribution in [0.4, 0.5) is 11.5 Å². The van der Waals surface area contributed by atoms with E-state index in [1.54, 1.807) is 13.3 Å². The Morgan fingerprint density at radius 3 is 2.86 bits per heavy atom. The van der Waals surface area contributed by atoms with E-state index >= 15 is 0 Å². The predicted octanol–water partition coefficient (Wildman–Crippen LogP) is 1.05. The largest absolute Gasteiger partial charge is 0.398 e. The van der Waals surface area contributed by atoms with Gasteiger partial charge in [0.05, 0.1) is 6.61 Å². The normalized spacial score (nSPS) is 10.2. The van der Waals surface area contributed by atoms with Gasteiger partial charge >= 0.3 is 0 Å². The van der Waals surface area contributed by atoms with Crippen LogP contribution in [0.15, 0.2) is 12.3 Å². The number of aryl methyl sites for hydroxylation is 1. The fraction of sp³-hybridized carbons (Fsp3) is 0.500. The summed E-state index contributed by atoms with van der Waals surface area (Å²) in [6.07, 6.45) is 1.79. The molecular weight excluding hydrogens is 178 g/mol. The third-order valence-electron chi connectivity index (χ3n) is 2.15. The van der Waals surface area contributed by atoms with Crippen molar-refractivity contribution in [3.05, 3.63) is 17.8 Å². The molecule has 0 aliphatic rings. The minimum Gasteiger partial charge on any atom is -0.398 e. The molecule has 0 atom stereocenters. The number of hydrogen-bond donors (Lipinski definition) is 1. The van der Waals surface area contributed by atoms with Crippen molar-refractivity contribution in [1.82, 2.24) is 4.98 Å². The number of likely N-dealkylation sites (N-methyl/N-ethyl adjacent to an activating group) is 1. The van der Waals surface area contributed by atoms with Crippen molar-refractivity contribution in [2.24, 2.45) is 0 Å². The smallest absolute Gasteiger partial charge is 0.130 e. The second kappa shape index (κ2) is 4.81. The highest BCUT2D eigenvalue weighted by atomic mass is 16.5. The van der Waals surface area contributed by atoms with Gasteiger partial charge in [-0.3, -0.25) is 0 Å². The number of ether oxygens (including phenoxy) is 1. The summed E-state index contributed by atoms with van der Waals surface area (Å²) in [5.41, 5.74) is 7.57. The van der Waals surface area contributed by atoms with E-state index in [4.69, 9.17) is 10.5 Å². The summed E-state index contributed by atoms with van der Waals surface area (Å²) >= 11 is 0. The highest BCUT2D eigenvalue weighted by Crippen LogP contribution is 2.15. The van der Waals surface area contributed by atoms with Crippen LogP contribution in [0.1, 0.15) is 5.56 Å². The zero-order valence-corrected chi connectivity index (χ0v) is 8.95. The first-order valence-electron chi connectivity index (χ1n) is 4.57. The molecule has 0 aliphatic heterocycles. The molecule has 1 aromatic heterocycles. The van der Waals surface area contributed by atoms with Crippen LogP contribution >= 0.6 is 0 Å². The second-order valence-electron chi connectivity index (χ2n) is 3.31. The van der Waals surface area contributed by atoms with Crippen LogP contribution in [-0.4, -0.2) is 32.3 Å². The van der Waals surface area contributed by atoms with Gasteiger partial charge in [-0.15, -0.1) is 0 Å². The zero-order valence-electron chi connectivity index (χ0n) is 8.95. The molecule has 14 heavy (non-hydrogen) atoms. The summed E-state index contributed by atoms with van der Waals surface area (Å²) in [4.78, 5) is 6.30. The summed E-state index contributed by atoms with van der Waals surface area (Å²) in [6, 6.07) is 1.88. The highest BCUT2D eigenvalue weighted by molar-refractivity contribution is 5.54. The van der Waals surface area contributed by atoms with E-state index in [9.17, 15) is 0 Å². The van der Waals surface area contributed by atoms with E-state index in [0.29, 0.717) is 6.61 Å². The molecule has 0 saturated carbocycles. The molecule has 2 N–H and O–H groups in total. The average Bonchev–Trinajstić information content (AvgIpc) is 2.18. The van der Waals surface area contributed by atoms with E-state index in [-0.39, 0.29) is 0 Å². The van der Waals surface area contributed by atoms with Crippen LogP contribution in [0.5, 0.6) is 0 Å². The van der Waals surface area contributed by atoms with Gasteiger partial charge in [0.15, 0.2) is 0 Å². The van der Waals surface area contributed by atoms with E-state index in [1.807, 2.05) is 24.9 Å². The second-order valence-corrected chi connectivity index (χ2v) is 3.31. The number of methoxy groups -OCH3 is 1. The van der Waals surface area contributed by atoms with Gasteiger partial charge in [0.2, 0.25) is 0 Å². The van der Waals surface area contributed by atoms with Crippen LogP contribution in [-0.2, 0) is 4.74 Å². The number of nitrogens with zero attached hydrogens (tertiary/aromatic N) is 2. The molecule has 0 unspecified atom stereocenters. The summed E-state index contributed by atoms with van der Waals surface area (Å²) in [6.45, 7) is 3.44. The third kappa shape index (κ3) is 2.60. The molecule has 0 bridgehead atoms. The Kier molecular flexibility index (Phi) is 3.71. The van der Waals surface area contributed by atoms with Crippen LogP contribution in [0.2, 0.25) is 0 Å². The molecule has 0 fully saturated rings. The van der Waals surface area contributed by atoms with E-state index < -0.39 is 0 Å². The molecule has 4 heteroatoms. The van der Waals surface area contributed by atoms with Crippen molar-refractivity contribution < 1.29 is 4.74 Å². The molecule has 1 aromatic rings. The maximum absolute atomic E-state index is 5.79. The molecule has 0 amide bonds. The Balaban J connectivity index is 2.70. The molecule has 0 aliphatic carbocycles. The van der Waals surface area contributed by atoms with Gasteiger partial charge in [-0.25, -0.2) is 4.98 Å². The lowest BCUT2D eigenvalue weighted by molar-refractivity contribution is 0.206. The highest BCUT2D eigenvalue weighted by Gasteiger charge is 2.03. The minimum absolute atomic E-state index is 0.686. The molecule has 1 heterocycles. The van der Waals surface area contributed by atoms with Gasteiger partial charge in [-0.2, -0.15) is 0 Å². The van der Waals surface area contributed by atoms with Gasteiger partial charge in [0, 0.05) is 38.7 Å². The first-order valence-corrected chi connectivity index (χ1v) is 4.57. The molecule has 4 nitrogen and oxygen atoms in total. The van der Waals surface area contributed by atoms with E-state index in [0.717, 1.165) is 23.6 Å². The monoisotopic (exact) mass is 195 g/mol. The Morgan fingerprint density at radius 1 is 1.57 bits per heavy atom. The van der Waals surface area contributed by atoms with Crippen LogP contribution < -0.4 is 10.6 Å². The quantitative estimate of drug-likeness (QED) is 0.780. The number of rotatable bonds is 4. The van der Waals surface area contributed by atoms with E-state index in [2.05, 4.69) is 4.98 Å². The Labute approximate surface area is 84.7 Å². The van der Waals surface area contributed by atoms with Gasteiger partial charge in [-0.05, 0) is 12.5 Å². The number of aromatic nitrogens is 1. The molecule has 0 saturated heterocycles. The summed E-state index contributed by atoms with van der Waals surface area (Å²) in [7, 11) is 3.65. The number of anilines is 2. The van der Waals surface area contributed by atoms with E-state index in [1.165, 1.54) is 0 Å². The maximum atomic E-state index is 5.79. The third-order valence-corrected chi connectivity index (χ3v) is 2.15. The van der Waals surface area contributed by atoms with Crippen molar-refractivity contribution in [3.8, 4) is 0 Å². The van der Waals surface area contributed by atoms with Gasteiger partial charge in [0.1, 0.15) is 5.82 Å². The lowest BCUT2D eigenvalue weighted by atomic mass is 10.2. The van der Waals surface area contributed by atoms with Crippen molar-refractivity contribution in [3.63, 3.8) is 0 Å². The van der Waals surface area contributed by atoms with Crippen LogP contribution in [0.25, 0.3) is 0 Å². The van der Waals surface area contributed by atoms with Crippen molar-refractivity contribution >= 4 is 11.5 Å². The first-order chi connectivity index (χ1) is 6.65. The van der Waals surface area contributed by atoms with Crippen molar-refractivity contribution in [2.45, 2.75) is 6.92 Å². The topological polar surface area (TPSA) is 51.4 Å². The Morgan fingerprint density at radius 2 is 2.29 bits per heavy atom. The molecule has 1 rings (SSSR count). The minimum atomic E-state index is 0.686. The standard InChI is InChI=1S/C10H17N3O/c1-8-7-12-10(6-9(8)11)13(2)4-5-14-3/h6-7H,4-5H2,1-3H3,(H2,11,12). The lowest BCUT2D eigenvalue weighted by Crippen LogP contribution is -2.23. The van der Waals surface area contributed by atoms with Crippen molar-refractivity contribution in [2.75, 3.05) is 37.9 Å². The first kappa shape index (κ1) is 10.8. The SMILES string of the molecule is COCCN(C)c1cc(N)c(C)cn1. The molecule has 78 valence electrons. The lowest BCUT2D eigenvalue weighted by Gasteiger charge is -2.18. The fourth-order valence-corrected chi connectivity index (χ4v) is 1.08. The average molecular weight is 195 g/mol. The molecule has 0 radical (unpaired) electrons.